The Bertz CT molecular complexity index is 693. The Morgan fingerprint density at radius 2 is 1.88 bits per heavy atom. The molecule has 2 aromatic carbocycles. The number of hydrogen-bond acceptors (Lipinski definition) is 3. The van der Waals surface area contributed by atoms with Crippen LogP contribution in [-0.4, -0.2) is 18.1 Å². The number of benzene rings is 2. The summed E-state index contributed by atoms with van der Waals surface area (Å²) in [6.45, 7) is 2.13. The molecule has 0 saturated carbocycles. The van der Waals surface area contributed by atoms with Gasteiger partial charge in [0.25, 0.3) is 5.91 Å². The smallest absolute Gasteiger partial charge is 0.257 e. The Balaban J connectivity index is 0.00000288. The van der Waals surface area contributed by atoms with Crippen molar-refractivity contribution in [3.63, 3.8) is 0 Å². The molecular formula is C18H20N2O2SV. The van der Waals surface area contributed by atoms with Crippen LogP contribution in [0.25, 0.3) is 0 Å². The van der Waals surface area contributed by atoms with Gasteiger partial charge in [-0.25, -0.2) is 0 Å². The molecule has 125 valence electrons. The van der Waals surface area contributed by atoms with E-state index in [-0.39, 0.29) is 29.6 Å². The first-order valence-corrected chi connectivity index (χ1v) is 7.89. The normalized spacial score (nSPS) is 9.58. The first-order chi connectivity index (χ1) is 11.1. The summed E-state index contributed by atoms with van der Waals surface area (Å²) in [5, 5.41) is 5.95. The number of anilines is 1. The fourth-order valence-corrected chi connectivity index (χ4v) is 2.42. The van der Waals surface area contributed by atoms with Crippen molar-refractivity contribution < 1.29 is 28.1 Å². The summed E-state index contributed by atoms with van der Waals surface area (Å²) in [5.74, 6) is 0.438. The second-order valence-electron chi connectivity index (χ2n) is 5.06. The van der Waals surface area contributed by atoms with Gasteiger partial charge in [0.05, 0.1) is 12.8 Å². The van der Waals surface area contributed by atoms with Crippen molar-refractivity contribution in [1.82, 2.24) is 5.32 Å². The zero-order chi connectivity index (χ0) is 16.7. The number of hydrogen-bond donors (Lipinski definition) is 2. The minimum absolute atomic E-state index is 0. The van der Waals surface area contributed by atoms with E-state index in [0.29, 0.717) is 11.3 Å². The molecule has 2 N–H and O–H groups in total. The molecule has 0 saturated heterocycles. The van der Waals surface area contributed by atoms with Gasteiger partial charge in [-0.15, -0.1) is 0 Å². The first kappa shape index (κ1) is 20.2. The molecule has 0 aliphatic heterocycles. The van der Waals surface area contributed by atoms with Gasteiger partial charge in [-0.2, -0.15) is 0 Å². The zero-order valence-corrected chi connectivity index (χ0v) is 15.9. The van der Waals surface area contributed by atoms with Gasteiger partial charge in [0.1, 0.15) is 5.75 Å². The van der Waals surface area contributed by atoms with Gasteiger partial charge in [0.2, 0.25) is 0 Å². The van der Waals surface area contributed by atoms with Crippen LogP contribution in [0.1, 0.15) is 29.3 Å². The van der Waals surface area contributed by atoms with Crippen molar-refractivity contribution in [3.05, 3.63) is 59.7 Å². The van der Waals surface area contributed by atoms with Gasteiger partial charge in [-0.1, -0.05) is 37.6 Å². The van der Waals surface area contributed by atoms with Crippen molar-refractivity contribution in [1.29, 1.82) is 0 Å². The van der Waals surface area contributed by atoms with Crippen molar-refractivity contribution in [3.8, 4) is 5.75 Å². The van der Waals surface area contributed by atoms with Gasteiger partial charge >= 0.3 is 0 Å². The van der Waals surface area contributed by atoms with Crippen molar-refractivity contribution in [2.24, 2.45) is 0 Å². The molecule has 0 fully saturated rings. The van der Waals surface area contributed by atoms with Crippen molar-refractivity contribution in [2.45, 2.75) is 19.8 Å². The maximum Gasteiger partial charge on any atom is 0.257 e. The Morgan fingerprint density at radius 1 is 1.17 bits per heavy atom. The van der Waals surface area contributed by atoms with Gasteiger partial charge in [0.15, 0.2) is 5.11 Å². The van der Waals surface area contributed by atoms with E-state index in [1.165, 1.54) is 5.56 Å². The predicted octanol–water partition coefficient (Wildman–Crippen LogP) is 3.77. The fourth-order valence-electron chi connectivity index (χ4n) is 2.22. The van der Waals surface area contributed by atoms with E-state index in [0.717, 1.165) is 18.5 Å². The second-order valence-corrected chi connectivity index (χ2v) is 5.47. The summed E-state index contributed by atoms with van der Waals surface area (Å²) in [6, 6.07) is 14.9. The number of nitrogens with one attached hydrogen (secondary N) is 2. The van der Waals surface area contributed by atoms with Gasteiger partial charge in [0, 0.05) is 24.1 Å². The Morgan fingerprint density at radius 3 is 2.50 bits per heavy atom. The number of amides is 1. The molecule has 4 nitrogen and oxygen atoms in total. The topological polar surface area (TPSA) is 50.4 Å². The van der Waals surface area contributed by atoms with Crippen LogP contribution in [-0.2, 0) is 25.0 Å². The minimum atomic E-state index is -0.244. The quantitative estimate of drug-likeness (QED) is 0.777. The molecule has 6 heteroatoms. The van der Waals surface area contributed by atoms with Crippen LogP contribution >= 0.6 is 12.2 Å². The number of ether oxygens (including phenoxy) is 1. The molecule has 1 radical (unpaired) electrons. The van der Waals surface area contributed by atoms with Gasteiger partial charge in [-0.3, -0.25) is 10.1 Å². The van der Waals surface area contributed by atoms with Crippen LogP contribution < -0.4 is 15.4 Å². The SMILES string of the molecule is CCCc1ccc(OC)c(NC(=S)NC(=O)c2ccccc2)c1.[V]. The van der Waals surface area contributed by atoms with Gasteiger partial charge in [-0.05, 0) is 48.5 Å². The van der Waals surface area contributed by atoms with Crippen LogP contribution in [0.5, 0.6) is 5.75 Å². The second kappa shape index (κ2) is 10.1. The molecule has 0 heterocycles. The van der Waals surface area contributed by atoms with E-state index in [4.69, 9.17) is 17.0 Å². The molecule has 0 aliphatic rings. The zero-order valence-electron chi connectivity index (χ0n) is 13.7. The average molecular weight is 379 g/mol. The molecule has 0 atom stereocenters. The third kappa shape index (κ3) is 5.67. The predicted molar refractivity (Wildman–Crippen MR) is 97.1 cm³/mol. The summed E-state index contributed by atoms with van der Waals surface area (Å²) in [5.41, 5.74) is 2.49. The summed E-state index contributed by atoms with van der Waals surface area (Å²) in [6.07, 6.45) is 2.03. The van der Waals surface area contributed by atoms with E-state index in [9.17, 15) is 4.79 Å². The maximum atomic E-state index is 12.1. The molecule has 0 aliphatic carbocycles. The Labute approximate surface area is 159 Å². The van der Waals surface area contributed by atoms with Crippen LogP contribution in [0.3, 0.4) is 0 Å². The number of carbonyl (C=O) groups is 1. The van der Waals surface area contributed by atoms with E-state index < -0.39 is 0 Å². The molecular weight excluding hydrogens is 359 g/mol. The molecule has 0 aromatic heterocycles. The Kier molecular flexibility index (Phi) is 8.54. The number of rotatable bonds is 5. The third-order valence-electron chi connectivity index (χ3n) is 3.31. The van der Waals surface area contributed by atoms with Crippen LogP contribution in [0.4, 0.5) is 5.69 Å². The summed E-state index contributed by atoms with van der Waals surface area (Å²) in [4.78, 5) is 12.1. The Hall–Kier alpha value is -1.82. The monoisotopic (exact) mass is 379 g/mol. The minimum Gasteiger partial charge on any atom is -0.495 e. The molecule has 2 aromatic rings. The largest absolute Gasteiger partial charge is 0.495 e. The average Bonchev–Trinajstić information content (AvgIpc) is 2.56. The summed E-state index contributed by atoms with van der Waals surface area (Å²) >= 11 is 5.23. The van der Waals surface area contributed by atoms with E-state index in [1.54, 1.807) is 19.2 Å². The van der Waals surface area contributed by atoms with Crippen LogP contribution in [0.15, 0.2) is 48.5 Å². The number of carbonyl (C=O) groups excluding carboxylic acids is 1. The molecule has 0 spiro atoms. The molecule has 2 rings (SSSR count). The standard InChI is InChI=1S/C18H20N2O2S.V/c1-3-7-13-10-11-16(22-2)15(12-13)19-18(23)20-17(21)14-8-5-4-6-9-14;/h4-6,8-12H,3,7H2,1-2H3,(H2,19,20,21,23);. The van der Waals surface area contributed by atoms with E-state index >= 15 is 0 Å². The van der Waals surface area contributed by atoms with E-state index in [1.807, 2.05) is 36.4 Å². The maximum absolute atomic E-state index is 12.1. The third-order valence-corrected chi connectivity index (χ3v) is 3.52. The number of methoxy groups -OCH3 is 1. The van der Waals surface area contributed by atoms with Crippen molar-refractivity contribution in [2.75, 3.05) is 12.4 Å². The van der Waals surface area contributed by atoms with Crippen molar-refractivity contribution >= 4 is 28.9 Å². The molecule has 24 heavy (non-hydrogen) atoms. The molecule has 1 amide bonds. The van der Waals surface area contributed by atoms with Crippen LogP contribution in [0.2, 0.25) is 0 Å². The summed E-state index contributed by atoms with van der Waals surface area (Å²) < 4.78 is 5.33. The molecule has 0 unspecified atom stereocenters. The number of aryl methyl sites for hydroxylation is 1. The summed E-state index contributed by atoms with van der Waals surface area (Å²) in [7, 11) is 1.60. The number of thiocarbonyl (C=S) groups is 1. The first-order valence-electron chi connectivity index (χ1n) is 7.48. The van der Waals surface area contributed by atoms with Gasteiger partial charge < -0.3 is 10.1 Å². The van der Waals surface area contributed by atoms with E-state index in [2.05, 4.69) is 17.6 Å². The molecule has 0 bridgehead atoms. The van der Waals surface area contributed by atoms with Crippen LogP contribution in [0, 0.1) is 0 Å². The fraction of sp³-hybridized carbons (Fsp3) is 0.222.